The van der Waals surface area contributed by atoms with Gasteiger partial charge in [-0.05, 0) is 42.4 Å². The average Bonchev–Trinajstić information content (AvgIpc) is 3.07. The van der Waals surface area contributed by atoms with Crippen LogP contribution in [0.4, 0.5) is 0 Å². The number of amides is 2. The maximum absolute atomic E-state index is 13.2. The second-order valence-electron chi connectivity index (χ2n) is 9.04. The number of ether oxygens (including phenoxy) is 1. The number of aliphatic hydroxyl groups excluding tert-OH is 1. The topological polar surface area (TPSA) is 105 Å². The molecule has 3 N–H and O–H groups in total. The molecule has 0 spiro atoms. The van der Waals surface area contributed by atoms with Crippen LogP contribution in [0.3, 0.4) is 0 Å². The van der Waals surface area contributed by atoms with E-state index in [1.54, 1.807) is 12.1 Å². The lowest BCUT2D eigenvalue weighted by Crippen LogP contribution is -2.54. The van der Waals surface area contributed by atoms with Crippen molar-refractivity contribution in [3.05, 3.63) is 28.9 Å². The second kappa shape index (κ2) is 9.97. The summed E-state index contributed by atoms with van der Waals surface area (Å²) in [7, 11) is 0. The minimum Gasteiger partial charge on any atom is -0.395 e. The summed E-state index contributed by atoms with van der Waals surface area (Å²) in [4.78, 5) is 25.8. The number of halogens is 1. The molecule has 1 aliphatic rings. The van der Waals surface area contributed by atoms with Crippen molar-refractivity contribution in [2.24, 2.45) is 11.3 Å². The predicted molar refractivity (Wildman–Crippen MR) is 119 cm³/mol. The van der Waals surface area contributed by atoms with E-state index in [2.05, 4.69) is 15.7 Å². The van der Waals surface area contributed by atoms with Gasteiger partial charge in [0.1, 0.15) is 6.04 Å². The lowest BCUT2D eigenvalue weighted by molar-refractivity contribution is -0.125. The Morgan fingerprint density at radius 3 is 2.68 bits per heavy atom. The monoisotopic (exact) mass is 450 g/mol. The molecule has 0 bridgehead atoms. The van der Waals surface area contributed by atoms with Crippen LogP contribution in [-0.4, -0.2) is 59.1 Å². The van der Waals surface area contributed by atoms with E-state index in [9.17, 15) is 9.59 Å². The highest BCUT2D eigenvalue weighted by molar-refractivity contribution is 6.31. The molecule has 0 saturated carbocycles. The number of nitrogens with zero attached hydrogens (tertiary/aromatic N) is 2. The maximum Gasteiger partial charge on any atom is 0.273 e. The summed E-state index contributed by atoms with van der Waals surface area (Å²) in [6.45, 7) is 7.72. The molecule has 3 rings (SSSR count). The Kier molecular flexibility index (Phi) is 7.56. The number of carbonyl (C=O) groups is 2. The number of carbonyl (C=O) groups excluding carboxylic acids is 2. The first-order valence-electron chi connectivity index (χ1n) is 10.6. The molecular weight excluding hydrogens is 420 g/mol. The molecule has 1 unspecified atom stereocenters. The van der Waals surface area contributed by atoms with Gasteiger partial charge in [0.05, 0.1) is 12.1 Å². The van der Waals surface area contributed by atoms with Crippen molar-refractivity contribution < 1.29 is 19.4 Å². The van der Waals surface area contributed by atoms with Gasteiger partial charge in [-0.15, -0.1) is 0 Å². The highest BCUT2D eigenvalue weighted by atomic mass is 35.5. The molecule has 1 saturated heterocycles. The van der Waals surface area contributed by atoms with Crippen molar-refractivity contribution in [1.29, 1.82) is 0 Å². The Hall–Kier alpha value is -2.16. The maximum atomic E-state index is 13.2. The number of benzene rings is 1. The minimum absolute atomic E-state index is 0.125. The number of hydrogen-bond acceptors (Lipinski definition) is 5. The SMILES string of the molecule is CC(C)(C)C(NC(=O)c1nn(CC2CCOCC2)c2ccc(Cl)cc12)C(=O)NCCO. The molecule has 2 amide bonds. The van der Waals surface area contributed by atoms with Gasteiger partial charge in [0, 0.05) is 36.7 Å². The van der Waals surface area contributed by atoms with Crippen LogP contribution < -0.4 is 10.6 Å². The van der Waals surface area contributed by atoms with Crippen LogP contribution in [0.5, 0.6) is 0 Å². The van der Waals surface area contributed by atoms with E-state index in [0.29, 0.717) is 22.9 Å². The van der Waals surface area contributed by atoms with Gasteiger partial charge in [-0.2, -0.15) is 5.10 Å². The smallest absolute Gasteiger partial charge is 0.273 e. The normalized spacial score (nSPS) is 16.3. The molecule has 31 heavy (non-hydrogen) atoms. The summed E-state index contributed by atoms with van der Waals surface area (Å²) in [6, 6.07) is 4.60. The highest BCUT2D eigenvalue weighted by Crippen LogP contribution is 2.27. The van der Waals surface area contributed by atoms with Crippen molar-refractivity contribution in [2.45, 2.75) is 46.2 Å². The van der Waals surface area contributed by atoms with Gasteiger partial charge in [-0.3, -0.25) is 14.3 Å². The molecule has 1 atom stereocenters. The van der Waals surface area contributed by atoms with E-state index in [1.807, 2.05) is 31.5 Å². The molecule has 170 valence electrons. The van der Waals surface area contributed by atoms with Gasteiger partial charge >= 0.3 is 0 Å². The first-order valence-corrected chi connectivity index (χ1v) is 11.0. The van der Waals surface area contributed by atoms with Crippen LogP contribution in [0.2, 0.25) is 5.02 Å². The minimum atomic E-state index is -0.790. The molecule has 1 fully saturated rings. The molecule has 0 aliphatic carbocycles. The Labute approximate surface area is 187 Å². The molecule has 1 aliphatic heterocycles. The first-order chi connectivity index (χ1) is 14.7. The molecule has 8 nitrogen and oxygen atoms in total. The van der Waals surface area contributed by atoms with Gasteiger partial charge < -0.3 is 20.5 Å². The standard InChI is InChI=1S/C22H31ClN4O4/c1-22(2,3)19(21(30)24-8-9-28)25-20(29)18-16-12-15(23)4-5-17(16)27(26-18)13-14-6-10-31-11-7-14/h4-5,12,14,19,28H,6-11,13H2,1-3H3,(H,24,30)(H,25,29). The van der Waals surface area contributed by atoms with Crippen molar-refractivity contribution >= 4 is 34.3 Å². The fourth-order valence-corrected chi connectivity index (χ4v) is 3.96. The van der Waals surface area contributed by atoms with Crippen LogP contribution in [0, 0.1) is 11.3 Å². The van der Waals surface area contributed by atoms with E-state index in [0.717, 1.165) is 31.6 Å². The summed E-state index contributed by atoms with van der Waals surface area (Å²) in [5.74, 6) is -0.356. The van der Waals surface area contributed by atoms with Gasteiger partial charge in [0.2, 0.25) is 5.91 Å². The van der Waals surface area contributed by atoms with E-state index in [1.165, 1.54) is 0 Å². The Bertz CT molecular complexity index is 931. The average molecular weight is 451 g/mol. The van der Waals surface area contributed by atoms with E-state index in [4.69, 9.17) is 21.4 Å². The van der Waals surface area contributed by atoms with Gasteiger partial charge in [-0.25, -0.2) is 0 Å². The number of rotatable bonds is 7. The zero-order chi connectivity index (χ0) is 22.6. The lowest BCUT2D eigenvalue weighted by Gasteiger charge is -2.30. The molecule has 0 radical (unpaired) electrons. The van der Waals surface area contributed by atoms with Crippen molar-refractivity contribution in [3.63, 3.8) is 0 Å². The summed E-state index contributed by atoms with van der Waals surface area (Å²) >= 11 is 6.21. The zero-order valence-corrected chi connectivity index (χ0v) is 19.0. The van der Waals surface area contributed by atoms with E-state index < -0.39 is 17.4 Å². The molecule has 9 heteroatoms. The summed E-state index contributed by atoms with van der Waals surface area (Å²) < 4.78 is 7.30. The number of aliphatic hydroxyl groups is 1. The first kappa shape index (κ1) is 23.5. The van der Waals surface area contributed by atoms with Gasteiger partial charge in [-0.1, -0.05) is 32.4 Å². The lowest BCUT2D eigenvalue weighted by atomic mass is 9.86. The molecule has 1 aromatic heterocycles. The van der Waals surface area contributed by atoms with Crippen LogP contribution in [0.1, 0.15) is 44.1 Å². The predicted octanol–water partition coefficient (Wildman–Crippen LogP) is 2.37. The summed E-state index contributed by atoms with van der Waals surface area (Å²) in [6.07, 6.45) is 1.90. The number of hydrogen-bond donors (Lipinski definition) is 3. The van der Waals surface area contributed by atoms with Crippen LogP contribution in [0.15, 0.2) is 18.2 Å². The Morgan fingerprint density at radius 1 is 1.32 bits per heavy atom. The summed E-state index contributed by atoms with van der Waals surface area (Å²) in [5.41, 5.74) is 0.541. The highest BCUT2D eigenvalue weighted by Gasteiger charge is 2.34. The van der Waals surface area contributed by atoms with Gasteiger partial charge in [0.15, 0.2) is 5.69 Å². The fourth-order valence-electron chi connectivity index (χ4n) is 3.79. The van der Waals surface area contributed by atoms with Crippen LogP contribution in [-0.2, 0) is 16.1 Å². The van der Waals surface area contributed by atoms with E-state index >= 15 is 0 Å². The fraction of sp³-hybridized carbons (Fsp3) is 0.591. The van der Waals surface area contributed by atoms with Crippen LogP contribution >= 0.6 is 11.6 Å². The quantitative estimate of drug-likeness (QED) is 0.600. The third kappa shape index (κ3) is 5.75. The Balaban J connectivity index is 1.90. The van der Waals surface area contributed by atoms with Crippen molar-refractivity contribution in [2.75, 3.05) is 26.4 Å². The third-order valence-corrected chi connectivity index (χ3v) is 5.75. The van der Waals surface area contributed by atoms with Gasteiger partial charge in [0.25, 0.3) is 5.91 Å². The van der Waals surface area contributed by atoms with E-state index in [-0.39, 0.29) is 24.8 Å². The van der Waals surface area contributed by atoms with Crippen molar-refractivity contribution in [1.82, 2.24) is 20.4 Å². The summed E-state index contributed by atoms with van der Waals surface area (Å²) in [5, 5.41) is 20.3. The third-order valence-electron chi connectivity index (χ3n) is 5.51. The zero-order valence-electron chi connectivity index (χ0n) is 18.3. The van der Waals surface area contributed by atoms with Crippen molar-refractivity contribution in [3.8, 4) is 0 Å². The molecule has 1 aromatic carbocycles. The second-order valence-corrected chi connectivity index (χ2v) is 9.47. The number of nitrogens with one attached hydrogen (secondary N) is 2. The van der Waals surface area contributed by atoms with Crippen LogP contribution in [0.25, 0.3) is 10.9 Å². The number of aromatic nitrogens is 2. The number of fused-ring (bicyclic) bond motifs is 1. The molecule has 2 aromatic rings. The molecule has 2 heterocycles. The molecular formula is C22H31ClN4O4. The Morgan fingerprint density at radius 2 is 2.03 bits per heavy atom. The largest absolute Gasteiger partial charge is 0.395 e.